The maximum Gasteiger partial charge on any atom is 0.276 e. The Labute approximate surface area is 174 Å². The van der Waals surface area contributed by atoms with Gasteiger partial charge in [0.25, 0.3) is 10.0 Å². The van der Waals surface area contributed by atoms with E-state index < -0.39 is 10.0 Å². The van der Waals surface area contributed by atoms with Gasteiger partial charge in [0.1, 0.15) is 0 Å². The number of ether oxygens (including phenoxy) is 2. The molecule has 0 saturated carbocycles. The maximum atomic E-state index is 12.7. The van der Waals surface area contributed by atoms with E-state index in [1.165, 1.54) is 6.21 Å². The van der Waals surface area contributed by atoms with E-state index in [2.05, 4.69) is 9.93 Å². The van der Waals surface area contributed by atoms with E-state index in [1.807, 2.05) is 39.8 Å². The zero-order valence-electron chi connectivity index (χ0n) is 17.9. The van der Waals surface area contributed by atoms with Gasteiger partial charge in [0.05, 0.1) is 24.8 Å². The van der Waals surface area contributed by atoms with E-state index >= 15 is 0 Å². The Morgan fingerprint density at radius 1 is 1.10 bits per heavy atom. The number of hydrogen-bond acceptors (Lipinski definition) is 5. The minimum atomic E-state index is -3.78. The number of nitrogens with zero attached hydrogens (tertiary/aromatic N) is 1. The molecule has 6 nitrogen and oxygen atoms in total. The van der Waals surface area contributed by atoms with Crippen molar-refractivity contribution in [2.24, 2.45) is 5.10 Å². The Bertz CT molecular complexity index is 977. The fourth-order valence-electron chi connectivity index (χ4n) is 2.67. The minimum absolute atomic E-state index is 0.153. The smallest absolute Gasteiger partial charge is 0.276 e. The Balaban J connectivity index is 2.21. The van der Waals surface area contributed by atoms with Gasteiger partial charge in [-0.1, -0.05) is 39.8 Å². The van der Waals surface area contributed by atoms with E-state index in [9.17, 15) is 8.42 Å². The lowest BCUT2D eigenvalue weighted by atomic mass is 9.87. The summed E-state index contributed by atoms with van der Waals surface area (Å²) in [7, 11) is -2.23. The Morgan fingerprint density at radius 2 is 1.83 bits per heavy atom. The van der Waals surface area contributed by atoms with Crippen molar-refractivity contribution in [1.29, 1.82) is 0 Å². The number of rotatable bonds is 8. The summed E-state index contributed by atoms with van der Waals surface area (Å²) in [5, 5.41) is 3.93. The molecule has 0 saturated heterocycles. The van der Waals surface area contributed by atoms with Gasteiger partial charge in [-0.05, 0) is 59.7 Å². The number of nitrogens with one attached hydrogen (secondary N) is 1. The predicted molar refractivity (Wildman–Crippen MR) is 117 cm³/mol. The van der Waals surface area contributed by atoms with Crippen molar-refractivity contribution in [2.75, 3.05) is 13.7 Å². The third-order valence-electron chi connectivity index (χ3n) is 4.38. The van der Waals surface area contributed by atoms with Crippen molar-refractivity contribution >= 4 is 16.2 Å². The second-order valence-corrected chi connectivity index (χ2v) is 9.47. The van der Waals surface area contributed by atoms with Crippen LogP contribution in [0.3, 0.4) is 0 Å². The van der Waals surface area contributed by atoms with Gasteiger partial charge in [-0.2, -0.15) is 13.5 Å². The van der Waals surface area contributed by atoms with E-state index in [0.29, 0.717) is 29.2 Å². The highest BCUT2D eigenvalue weighted by atomic mass is 32.2. The van der Waals surface area contributed by atoms with Gasteiger partial charge in [0, 0.05) is 0 Å². The van der Waals surface area contributed by atoms with Crippen LogP contribution in [0.25, 0.3) is 0 Å². The highest BCUT2D eigenvalue weighted by Gasteiger charge is 2.21. The van der Waals surface area contributed by atoms with Crippen molar-refractivity contribution < 1.29 is 17.9 Å². The van der Waals surface area contributed by atoms with Crippen LogP contribution < -0.4 is 14.3 Å². The average molecular weight is 419 g/mol. The number of hydrogen-bond donors (Lipinski definition) is 1. The van der Waals surface area contributed by atoms with Crippen molar-refractivity contribution in [3.63, 3.8) is 0 Å². The first-order valence-corrected chi connectivity index (χ1v) is 11.0. The summed E-state index contributed by atoms with van der Waals surface area (Å²) in [5.74, 6) is 1.21. The fourth-order valence-corrected chi connectivity index (χ4v) is 3.74. The number of sulfonamides is 1. The molecule has 0 fully saturated rings. The molecule has 7 heteroatoms. The van der Waals surface area contributed by atoms with Crippen molar-refractivity contribution in [2.45, 2.75) is 51.3 Å². The predicted octanol–water partition coefficient (Wildman–Crippen LogP) is 4.40. The van der Waals surface area contributed by atoms with Crippen LogP contribution in [-0.2, 0) is 15.4 Å². The quantitative estimate of drug-likeness (QED) is 0.509. The van der Waals surface area contributed by atoms with Gasteiger partial charge in [-0.15, -0.1) is 0 Å². The molecule has 0 heterocycles. The molecule has 0 atom stereocenters. The maximum absolute atomic E-state index is 12.7. The Hall–Kier alpha value is -2.54. The molecule has 158 valence electrons. The second-order valence-electron chi connectivity index (χ2n) is 7.84. The van der Waals surface area contributed by atoms with Gasteiger partial charge in [-0.3, -0.25) is 0 Å². The summed E-state index contributed by atoms with van der Waals surface area (Å²) in [6, 6.07) is 10.8. The zero-order chi connectivity index (χ0) is 21.7. The summed E-state index contributed by atoms with van der Waals surface area (Å²) in [6.07, 6.45) is 2.33. The van der Waals surface area contributed by atoms with Gasteiger partial charge in [0.15, 0.2) is 11.5 Å². The summed E-state index contributed by atoms with van der Waals surface area (Å²) in [6.45, 7) is 10.5. The number of methoxy groups -OCH3 is 1. The topological polar surface area (TPSA) is 77.0 Å². The number of benzene rings is 2. The monoisotopic (exact) mass is 418 g/mol. The molecule has 0 aliphatic carbocycles. The standard InChI is InChI=1S/C22H30N2O4S/c1-7-12-28-19-11-9-17(13-20(19)27-6)15-23-24-29(25,26)21-14-18(22(3,4)5)10-8-16(21)2/h8-11,13-15,24H,7,12H2,1-6H3/b23-15+. The van der Waals surface area contributed by atoms with Crippen LogP contribution in [0.1, 0.15) is 50.8 Å². The lowest BCUT2D eigenvalue weighted by Gasteiger charge is -2.20. The molecule has 2 aromatic carbocycles. The molecular formula is C22H30N2O4S. The highest BCUT2D eigenvalue weighted by molar-refractivity contribution is 7.89. The van der Waals surface area contributed by atoms with Gasteiger partial charge < -0.3 is 9.47 Å². The van der Waals surface area contributed by atoms with E-state index in [1.54, 1.807) is 38.3 Å². The summed E-state index contributed by atoms with van der Waals surface area (Å²) < 4.78 is 36.5. The Morgan fingerprint density at radius 3 is 2.45 bits per heavy atom. The first-order chi connectivity index (χ1) is 13.6. The molecule has 0 radical (unpaired) electrons. The van der Waals surface area contributed by atoms with E-state index in [-0.39, 0.29) is 10.3 Å². The van der Waals surface area contributed by atoms with Gasteiger partial charge in [0.2, 0.25) is 0 Å². The fraction of sp³-hybridized carbons (Fsp3) is 0.409. The number of aryl methyl sites for hydroxylation is 1. The molecule has 2 aromatic rings. The highest BCUT2D eigenvalue weighted by Crippen LogP contribution is 2.28. The molecule has 0 aliphatic heterocycles. The number of hydrazone groups is 1. The summed E-state index contributed by atoms with van der Waals surface area (Å²) >= 11 is 0. The van der Waals surface area contributed by atoms with Crippen LogP contribution in [0.15, 0.2) is 46.4 Å². The zero-order valence-corrected chi connectivity index (χ0v) is 18.8. The molecule has 0 aliphatic rings. The molecule has 29 heavy (non-hydrogen) atoms. The second kappa shape index (κ2) is 9.31. The lowest BCUT2D eigenvalue weighted by Crippen LogP contribution is -2.21. The minimum Gasteiger partial charge on any atom is -0.493 e. The normalized spacial score (nSPS) is 12.2. The molecule has 0 bridgehead atoms. The third kappa shape index (κ3) is 5.97. The molecule has 1 N–H and O–H groups in total. The van der Waals surface area contributed by atoms with Gasteiger partial charge in [-0.25, -0.2) is 4.83 Å². The summed E-state index contributed by atoms with van der Waals surface area (Å²) in [5.41, 5.74) is 2.15. The first-order valence-electron chi connectivity index (χ1n) is 9.55. The Kier molecular flexibility index (Phi) is 7.30. The SMILES string of the molecule is CCCOc1ccc(/C=N/NS(=O)(=O)c2cc(C(C)(C)C)ccc2C)cc1OC. The molecule has 0 spiro atoms. The van der Waals surface area contributed by atoms with Crippen molar-refractivity contribution in [1.82, 2.24) is 4.83 Å². The van der Waals surface area contributed by atoms with Crippen LogP contribution in [0.2, 0.25) is 0 Å². The molecule has 0 aromatic heterocycles. The lowest BCUT2D eigenvalue weighted by molar-refractivity contribution is 0.294. The van der Waals surface area contributed by atoms with Crippen LogP contribution >= 0.6 is 0 Å². The first kappa shape index (κ1) is 22.7. The molecule has 0 amide bonds. The van der Waals surface area contributed by atoms with Gasteiger partial charge >= 0.3 is 0 Å². The van der Waals surface area contributed by atoms with Crippen molar-refractivity contribution in [3.8, 4) is 11.5 Å². The third-order valence-corrected chi connectivity index (χ3v) is 5.74. The average Bonchev–Trinajstić information content (AvgIpc) is 2.65. The molecule has 0 unspecified atom stereocenters. The van der Waals surface area contributed by atoms with E-state index in [0.717, 1.165) is 12.0 Å². The van der Waals surface area contributed by atoms with Crippen LogP contribution in [0.5, 0.6) is 11.5 Å². The largest absolute Gasteiger partial charge is 0.493 e. The van der Waals surface area contributed by atoms with Crippen LogP contribution in [0, 0.1) is 6.92 Å². The molecular weight excluding hydrogens is 388 g/mol. The van der Waals surface area contributed by atoms with Crippen LogP contribution in [-0.4, -0.2) is 28.3 Å². The van der Waals surface area contributed by atoms with Crippen LogP contribution in [0.4, 0.5) is 0 Å². The van der Waals surface area contributed by atoms with E-state index in [4.69, 9.17) is 9.47 Å². The summed E-state index contributed by atoms with van der Waals surface area (Å²) in [4.78, 5) is 2.52. The molecule has 2 rings (SSSR count). The van der Waals surface area contributed by atoms with Crippen molar-refractivity contribution in [3.05, 3.63) is 53.1 Å².